The predicted molar refractivity (Wildman–Crippen MR) is 81.0 cm³/mol. The molecule has 1 aliphatic carbocycles. The monoisotopic (exact) mass is 265 g/mol. The van der Waals surface area contributed by atoms with Gasteiger partial charge >= 0.3 is 7.12 Å². The van der Waals surface area contributed by atoms with Crippen LogP contribution in [-0.4, -0.2) is 18.3 Å². The molecule has 2 nitrogen and oxygen atoms in total. The third-order valence-corrected chi connectivity index (χ3v) is 5.27. The molecular formula is C16H30BO2. The molecule has 0 spiro atoms. The number of unbranched alkanes of at least 4 members (excludes halogenated alkanes) is 1. The average Bonchev–Trinajstić information content (AvgIpc) is 2.56. The van der Waals surface area contributed by atoms with Crippen molar-refractivity contribution in [2.45, 2.75) is 90.2 Å². The molecule has 0 aromatic rings. The van der Waals surface area contributed by atoms with E-state index in [2.05, 4.69) is 41.0 Å². The van der Waals surface area contributed by atoms with Crippen LogP contribution in [0.5, 0.6) is 0 Å². The van der Waals surface area contributed by atoms with Crippen LogP contribution in [0.1, 0.15) is 73.1 Å². The van der Waals surface area contributed by atoms with E-state index in [-0.39, 0.29) is 18.3 Å². The van der Waals surface area contributed by atoms with Crippen molar-refractivity contribution >= 4 is 7.12 Å². The average molecular weight is 265 g/mol. The van der Waals surface area contributed by atoms with Crippen molar-refractivity contribution in [1.82, 2.24) is 0 Å². The van der Waals surface area contributed by atoms with Crippen LogP contribution in [0.4, 0.5) is 0 Å². The molecule has 2 atom stereocenters. The van der Waals surface area contributed by atoms with Gasteiger partial charge in [-0.05, 0) is 58.7 Å². The fourth-order valence-corrected chi connectivity index (χ4v) is 3.28. The third-order valence-electron chi connectivity index (χ3n) is 5.27. The van der Waals surface area contributed by atoms with E-state index in [9.17, 15) is 0 Å². The highest BCUT2D eigenvalue weighted by atomic mass is 16.7. The number of hydrogen-bond acceptors (Lipinski definition) is 2. The molecule has 2 unspecified atom stereocenters. The molecule has 0 amide bonds. The zero-order chi connectivity index (χ0) is 14.1. The Morgan fingerprint density at radius 3 is 2.32 bits per heavy atom. The van der Waals surface area contributed by atoms with Crippen molar-refractivity contribution in [2.75, 3.05) is 0 Å². The molecule has 0 N–H and O–H groups in total. The summed E-state index contributed by atoms with van der Waals surface area (Å²) in [7, 11) is 0.00873. The van der Waals surface area contributed by atoms with E-state index < -0.39 is 0 Å². The minimum atomic E-state index is -0.180. The van der Waals surface area contributed by atoms with Gasteiger partial charge < -0.3 is 9.31 Å². The molecule has 3 heteroatoms. The summed E-state index contributed by atoms with van der Waals surface area (Å²) in [6.45, 7) is 10.8. The van der Waals surface area contributed by atoms with Gasteiger partial charge in [-0.3, -0.25) is 0 Å². The van der Waals surface area contributed by atoms with Crippen molar-refractivity contribution in [1.29, 1.82) is 0 Å². The lowest BCUT2D eigenvalue weighted by Gasteiger charge is -2.32. The summed E-state index contributed by atoms with van der Waals surface area (Å²) in [5.74, 6) is 1.43. The molecule has 19 heavy (non-hydrogen) atoms. The molecule has 1 aliphatic heterocycles. The van der Waals surface area contributed by atoms with Crippen LogP contribution >= 0.6 is 0 Å². The van der Waals surface area contributed by atoms with Crippen LogP contribution < -0.4 is 0 Å². The van der Waals surface area contributed by atoms with Gasteiger partial charge in [0.25, 0.3) is 0 Å². The summed E-state index contributed by atoms with van der Waals surface area (Å²) in [5, 5.41) is 0. The first-order chi connectivity index (χ1) is 8.86. The Morgan fingerprint density at radius 1 is 1.11 bits per heavy atom. The Kier molecular flexibility index (Phi) is 4.67. The van der Waals surface area contributed by atoms with Gasteiger partial charge in [0, 0.05) is 0 Å². The fourth-order valence-electron chi connectivity index (χ4n) is 3.28. The topological polar surface area (TPSA) is 18.5 Å². The highest BCUT2D eigenvalue weighted by Gasteiger charge is 2.53. The lowest BCUT2D eigenvalue weighted by molar-refractivity contribution is 0.00578. The van der Waals surface area contributed by atoms with Gasteiger partial charge in [-0.15, -0.1) is 0 Å². The minimum Gasteiger partial charge on any atom is -0.403 e. The van der Waals surface area contributed by atoms with Gasteiger partial charge in [0.1, 0.15) is 0 Å². The first-order valence-corrected chi connectivity index (χ1v) is 8.03. The van der Waals surface area contributed by atoms with Crippen molar-refractivity contribution in [3.63, 3.8) is 0 Å². The van der Waals surface area contributed by atoms with E-state index in [4.69, 9.17) is 9.31 Å². The van der Waals surface area contributed by atoms with Gasteiger partial charge in [0.15, 0.2) is 0 Å². The lowest BCUT2D eigenvalue weighted by atomic mass is 9.61. The van der Waals surface area contributed by atoms with E-state index >= 15 is 0 Å². The SMILES string of the molecule is CC[CH]CC1CCCC(B2OC(C)(C)C(C)(C)O2)C1. The zero-order valence-electron chi connectivity index (χ0n) is 13.4. The molecule has 1 radical (unpaired) electrons. The molecule has 109 valence electrons. The molecule has 1 saturated carbocycles. The Hall–Kier alpha value is -0.0151. The quantitative estimate of drug-likeness (QED) is 0.689. The standard InChI is InChI=1S/C16H30BO2/c1-6-7-9-13-10-8-11-14(12-13)17-18-15(2,3)16(4,5)19-17/h7,13-14H,6,8-12H2,1-5H3. The number of rotatable bonds is 4. The Labute approximate surface area is 119 Å². The maximum atomic E-state index is 6.22. The molecule has 1 heterocycles. The molecule has 2 rings (SSSR count). The summed E-state index contributed by atoms with van der Waals surface area (Å²) in [4.78, 5) is 0. The van der Waals surface area contributed by atoms with Gasteiger partial charge in [-0.2, -0.15) is 0 Å². The zero-order valence-corrected chi connectivity index (χ0v) is 13.4. The van der Waals surface area contributed by atoms with Crippen molar-refractivity contribution in [2.24, 2.45) is 5.92 Å². The van der Waals surface area contributed by atoms with E-state index in [0.29, 0.717) is 5.82 Å². The van der Waals surface area contributed by atoms with Crippen LogP contribution in [0.3, 0.4) is 0 Å². The Balaban J connectivity index is 1.92. The van der Waals surface area contributed by atoms with Crippen LogP contribution in [0.15, 0.2) is 0 Å². The van der Waals surface area contributed by atoms with Crippen LogP contribution in [0.25, 0.3) is 0 Å². The maximum absolute atomic E-state index is 6.22. The van der Waals surface area contributed by atoms with Gasteiger partial charge in [-0.25, -0.2) is 0 Å². The van der Waals surface area contributed by atoms with E-state index in [0.717, 1.165) is 5.92 Å². The van der Waals surface area contributed by atoms with Crippen molar-refractivity contribution < 1.29 is 9.31 Å². The van der Waals surface area contributed by atoms with Crippen LogP contribution in [0, 0.1) is 12.3 Å². The normalized spacial score (nSPS) is 33.6. The first-order valence-electron chi connectivity index (χ1n) is 8.03. The molecular weight excluding hydrogens is 235 g/mol. The molecule has 2 aliphatic rings. The molecule has 0 aromatic heterocycles. The predicted octanol–water partition coefficient (Wildman–Crippen LogP) is 4.64. The Morgan fingerprint density at radius 2 is 1.74 bits per heavy atom. The Bertz CT molecular complexity index is 285. The smallest absolute Gasteiger partial charge is 0.403 e. The van der Waals surface area contributed by atoms with Gasteiger partial charge in [0.2, 0.25) is 0 Å². The summed E-state index contributed by atoms with van der Waals surface area (Å²) in [6, 6.07) is 0. The maximum Gasteiger partial charge on any atom is 0.461 e. The van der Waals surface area contributed by atoms with Gasteiger partial charge in [-0.1, -0.05) is 32.6 Å². The largest absolute Gasteiger partial charge is 0.461 e. The molecule has 2 fully saturated rings. The second-order valence-electron chi connectivity index (χ2n) is 7.35. The van der Waals surface area contributed by atoms with Crippen LogP contribution in [0.2, 0.25) is 5.82 Å². The van der Waals surface area contributed by atoms with E-state index in [1.807, 2.05) is 0 Å². The molecule has 0 bridgehead atoms. The highest BCUT2D eigenvalue weighted by molar-refractivity contribution is 6.47. The van der Waals surface area contributed by atoms with E-state index in [1.54, 1.807) is 0 Å². The minimum absolute atomic E-state index is 0.00873. The molecule has 0 aromatic carbocycles. The first kappa shape index (κ1) is 15.4. The van der Waals surface area contributed by atoms with Crippen LogP contribution in [-0.2, 0) is 9.31 Å². The fraction of sp³-hybridized carbons (Fsp3) is 0.938. The highest BCUT2D eigenvalue weighted by Crippen LogP contribution is 2.45. The van der Waals surface area contributed by atoms with Crippen molar-refractivity contribution in [3.8, 4) is 0 Å². The third kappa shape index (κ3) is 3.36. The summed E-state index contributed by atoms with van der Waals surface area (Å²) >= 11 is 0. The molecule has 1 saturated heterocycles. The lowest BCUT2D eigenvalue weighted by Crippen LogP contribution is -2.41. The second-order valence-corrected chi connectivity index (χ2v) is 7.35. The summed E-state index contributed by atoms with van der Waals surface area (Å²) in [6.07, 6.45) is 10.1. The number of hydrogen-bond donors (Lipinski definition) is 0. The van der Waals surface area contributed by atoms with E-state index in [1.165, 1.54) is 38.5 Å². The summed E-state index contributed by atoms with van der Waals surface area (Å²) in [5.41, 5.74) is -0.361. The summed E-state index contributed by atoms with van der Waals surface area (Å²) < 4.78 is 12.4. The van der Waals surface area contributed by atoms with Crippen molar-refractivity contribution in [3.05, 3.63) is 6.42 Å². The second kappa shape index (κ2) is 5.77. The van der Waals surface area contributed by atoms with Gasteiger partial charge in [0.05, 0.1) is 11.2 Å².